The molecule has 1 aliphatic heterocycles. The summed E-state index contributed by atoms with van der Waals surface area (Å²) in [5, 5.41) is 6.52. The van der Waals surface area contributed by atoms with Gasteiger partial charge in [0.1, 0.15) is 6.10 Å². The summed E-state index contributed by atoms with van der Waals surface area (Å²) in [6.45, 7) is 0.624. The highest BCUT2D eigenvalue weighted by atomic mass is 32.2. The molecule has 152 valence electrons. The quantitative estimate of drug-likeness (QED) is 0.696. The molecule has 2 aliphatic rings. The van der Waals surface area contributed by atoms with Gasteiger partial charge in [0.2, 0.25) is 0 Å². The molecule has 0 spiro atoms. The van der Waals surface area contributed by atoms with Crippen LogP contribution in [-0.2, 0) is 9.53 Å². The molecule has 1 saturated carbocycles. The van der Waals surface area contributed by atoms with Gasteiger partial charge < -0.3 is 15.4 Å². The first-order valence-electron chi connectivity index (χ1n) is 10.3. The van der Waals surface area contributed by atoms with Crippen LogP contribution in [0.2, 0.25) is 0 Å². The number of ether oxygens (including phenoxy) is 1. The molecule has 2 amide bonds. The van der Waals surface area contributed by atoms with E-state index in [-0.39, 0.29) is 11.8 Å². The largest absolute Gasteiger partial charge is 0.368 e. The van der Waals surface area contributed by atoms with E-state index in [1.807, 2.05) is 30.0 Å². The van der Waals surface area contributed by atoms with E-state index in [9.17, 15) is 9.59 Å². The Morgan fingerprint density at radius 1 is 0.931 bits per heavy atom. The van der Waals surface area contributed by atoms with E-state index in [1.165, 1.54) is 25.7 Å². The third-order valence-corrected chi connectivity index (χ3v) is 6.76. The Kier molecular flexibility index (Phi) is 6.52. The van der Waals surface area contributed by atoms with Gasteiger partial charge in [-0.2, -0.15) is 0 Å². The highest BCUT2D eigenvalue weighted by Gasteiger charge is 2.24. The Hall–Kier alpha value is -2.31. The van der Waals surface area contributed by atoms with Crippen molar-refractivity contribution in [3.05, 3.63) is 54.1 Å². The predicted molar refractivity (Wildman–Crippen MR) is 117 cm³/mol. The van der Waals surface area contributed by atoms with Gasteiger partial charge in [-0.3, -0.25) is 9.59 Å². The fourth-order valence-electron chi connectivity index (χ4n) is 3.80. The van der Waals surface area contributed by atoms with Crippen molar-refractivity contribution in [2.45, 2.75) is 54.8 Å². The Labute approximate surface area is 175 Å². The molecule has 2 aromatic rings. The lowest BCUT2D eigenvalue weighted by Crippen LogP contribution is -2.27. The molecule has 2 N–H and O–H groups in total. The number of nitrogens with one attached hydrogen (secondary N) is 2. The summed E-state index contributed by atoms with van der Waals surface area (Å²) in [7, 11) is 0. The van der Waals surface area contributed by atoms with Gasteiger partial charge in [-0.25, -0.2) is 0 Å². The predicted octanol–water partition coefficient (Wildman–Crippen LogP) is 5.09. The summed E-state index contributed by atoms with van der Waals surface area (Å²) in [6, 6.07) is 15.0. The molecule has 1 aliphatic carbocycles. The molecule has 29 heavy (non-hydrogen) atoms. The lowest BCUT2D eigenvalue weighted by atomic mass is 10.1. The molecule has 1 unspecified atom stereocenters. The number of hydrogen-bond donors (Lipinski definition) is 2. The van der Waals surface area contributed by atoms with Gasteiger partial charge in [-0.05, 0) is 56.0 Å². The van der Waals surface area contributed by atoms with Gasteiger partial charge in [0, 0.05) is 28.0 Å². The average Bonchev–Trinajstić information content (AvgIpc) is 3.44. The minimum Gasteiger partial charge on any atom is -0.368 e. The minimum absolute atomic E-state index is 0.154. The van der Waals surface area contributed by atoms with Gasteiger partial charge in [0.25, 0.3) is 11.8 Å². The van der Waals surface area contributed by atoms with E-state index in [0.717, 1.165) is 23.4 Å². The molecule has 0 radical (unpaired) electrons. The van der Waals surface area contributed by atoms with E-state index in [4.69, 9.17) is 4.74 Å². The zero-order valence-electron chi connectivity index (χ0n) is 16.4. The van der Waals surface area contributed by atoms with Crippen LogP contribution in [0.3, 0.4) is 0 Å². The van der Waals surface area contributed by atoms with E-state index in [0.29, 0.717) is 23.1 Å². The maximum absolute atomic E-state index is 12.8. The number of thioether (sulfide) groups is 1. The number of carbonyl (C=O) groups excluding carboxylic acids is 2. The number of carbonyl (C=O) groups is 2. The topological polar surface area (TPSA) is 67.4 Å². The fourth-order valence-corrected chi connectivity index (χ4v) is 5.13. The summed E-state index contributed by atoms with van der Waals surface area (Å²) < 4.78 is 5.42. The van der Waals surface area contributed by atoms with Gasteiger partial charge in [0.15, 0.2) is 0 Å². The number of hydrogen-bond acceptors (Lipinski definition) is 4. The van der Waals surface area contributed by atoms with Gasteiger partial charge >= 0.3 is 0 Å². The van der Waals surface area contributed by atoms with E-state index in [1.54, 1.807) is 24.3 Å². The molecular weight excluding hydrogens is 384 g/mol. The van der Waals surface area contributed by atoms with Crippen molar-refractivity contribution in [1.29, 1.82) is 0 Å². The van der Waals surface area contributed by atoms with E-state index in [2.05, 4.69) is 16.7 Å². The lowest BCUT2D eigenvalue weighted by molar-refractivity contribution is -0.124. The van der Waals surface area contributed by atoms with Crippen LogP contribution >= 0.6 is 11.8 Å². The van der Waals surface area contributed by atoms with Crippen molar-refractivity contribution in [1.82, 2.24) is 0 Å². The van der Waals surface area contributed by atoms with Gasteiger partial charge in [-0.15, -0.1) is 11.8 Å². The van der Waals surface area contributed by atoms with Crippen LogP contribution in [0.15, 0.2) is 53.4 Å². The SMILES string of the molecule is O=C(Nc1ccccc1SC1CCCC1)c1cccc(NC(=O)C2CCCO2)c1. The normalized spacial score (nSPS) is 19.2. The molecule has 1 heterocycles. The van der Waals surface area contributed by atoms with Crippen LogP contribution in [0.4, 0.5) is 11.4 Å². The Bertz CT molecular complexity index is 874. The minimum atomic E-state index is -0.396. The number of para-hydroxylation sites is 1. The molecule has 1 atom stereocenters. The van der Waals surface area contributed by atoms with Crippen molar-refractivity contribution in [2.24, 2.45) is 0 Å². The molecule has 0 bridgehead atoms. The van der Waals surface area contributed by atoms with Crippen molar-refractivity contribution < 1.29 is 14.3 Å². The number of benzene rings is 2. The van der Waals surface area contributed by atoms with Crippen LogP contribution in [0.1, 0.15) is 48.9 Å². The van der Waals surface area contributed by atoms with Crippen LogP contribution in [0, 0.1) is 0 Å². The summed E-state index contributed by atoms with van der Waals surface area (Å²) in [5.74, 6) is -0.337. The number of rotatable bonds is 6. The van der Waals surface area contributed by atoms with Crippen molar-refractivity contribution >= 4 is 35.0 Å². The second-order valence-corrected chi connectivity index (χ2v) is 8.89. The molecule has 5 nitrogen and oxygen atoms in total. The summed E-state index contributed by atoms with van der Waals surface area (Å²) >= 11 is 1.86. The van der Waals surface area contributed by atoms with Crippen LogP contribution in [0.25, 0.3) is 0 Å². The van der Waals surface area contributed by atoms with E-state index >= 15 is 0 Å². The molecular formula is C23H26N2O3S. The standard InChI is InChI=1S/C23H26N2O3S/c26-22(25-19-11-3-4-13-21(19)29-18-9-1-2-10-18)16-7-5-8-17(15-16)24-23(27)20-12-6-14-28-20/h3-5,7-8,11,13,15,18,20H,1-2,6,9-10,12,14H2,(H,24,27)(H,25,26). The van der Waals surface area contributed by atoms with Crippen molar-refractivity contribution in [3.8, 4) is 0 Å². The fraction of sp³-hybridized carbons (Fsp3) is 0.391. The number of amides is 2. The molecule has 1 saturated heterocycles. The lowest BCUT2D eigenvalue weighted by Gasteiger charge is -2.15. The molecule has 2 fully saturated rings. The monoisotopic (exact) mass is 410 g/mol. The van der Waals surface area contributed by atoms with Crippen molar-refractivity contribution in [3.63, 3.8) is 0 Å². The van der Waals surface area contributed by atoms with E-state index < -0.39 is 6.10 Å². The zero-order valence-corrected chi connectivity index (χ0v) is 17.2. The Morgan fingerprint density at radius 2 is 1.76 bits per heavy atom. The van der Waals surface area contributed by atoms with Crippen molar-refractivity contribution in [2.75, 3.05) is 17.2 Å². The highest BCUT2D eigenvalue weighted by molar-refractivity contribution is 8.00. The van der Waals surface area contributed by atoms with Crippen LogP contribution in [0.5, 0.6) is 0 Å². The van der Waals surface area contributed by atoms with Gasteiger partial charge in [0.05, 0.1) is 5.69 Å². The average molecular weight is 411 g/mol. The molecule has 2 aromatic carbocycles. The number of anilines is 2. The first kappa shape index (κ1) is 20.0. The molecule has 6 heteroatoms. The summed E-state index contributed by atoms with van der Waals surface area (Å²) in [5.41, 5.74) is 1.95. The maximum atomic E-state index is 12.8. The first-order valence-corrected chi connectivity index (χ1v) is 11.2. The zero-order chi connectivity index (χ0) is 20.1. The third-order valence-electron chi connectivity index (χ3n) is 5.35. The maximum Gasteiger partial charge on any atom is 0.255 e. The smallest absolute Gasteiger partial charge is 0.255 e. The van der Waals surface area contributed by atoms with Crippen LogP contribution in [-0.4, -0.2) is 29.8 Å². The second-order valence-electron chi connectivity index (χ2n) is 7.55. The third kappa shape index (κ3) is 5.19. The Morgan fingerprint density at radius 3 is 2.55 bits per heavy atom. The van der Waals surface area contributed by atoms with Crippen LogP contribution < -0.4 is 10.6 Å². The molecule has 0 aromatic heterocycles. The Balaban J connectivity index is 1.43. The van der Waals surface area contributed by atoms with Gasteiger partial charge in [-0.1, -0.05) is 31.0 Å². The summed E-state index contributed by atoms with van der Waals surface area (Å²) in [6.07, 6.45) is 6.29. The highest BCUT2D eigenvalue weighted by Crippen LogP contribution is 2.38. The second kappa shape index (κ2) is 9.46. The summed E-state index contributed by atoms with van der Waals surface area (Å²) in [4.78, 5) is 26.2. The molecule has 4 rings (SSSR count). The first-order chi connectivity index (χ1) is 14.2.